The normalized spacial score (nSPS) is 14.7. The van der Waals surface area contributed by atoms with E-state index >= 15 is 0 Å². The Labute approximate surface area is 169 Å². The van der Waals surface area contributed by atoms with E-state index in [2.05, 4.69) is 5.32 Å². The Morgan fingerprint density at radius 2 is 1.64 bits per heavy atom. The minimum absolute atomic E-state index is 0.0630. The lowest BCUT2D eigenvalue weighted by atomic mass is 10.2. The number of amides is 1. The van der Waals surface area contributed by atoms with E-state index in [-0.39, 0.29) is 15.5 Å². The average molecular weight is 425 g/mol. The second-order valence-corrected chi connectivity index (χ2v) is 8.63. The van der Waals surface area contributed by atoms with Crippen molar-refractivity contribution in [3.8, 4) is 11.5 Å². The van der Waals surface area contributed by atoms with Crippen LogP contribution in [0.4, 0.5) is 5.69 Å². The number of sulfonamides is 1. The van der Waals surface area contributed by atoms with Crippen molar-refractivity contribution in [1.82, 2.24) is 4.31 Å². The summed E-state index contributed by atoms with van der Waals surface area (Å²) in [5.41, 5.74) is 0.643. The number of benzene rings is 2. The Balaban J connectivity index is 1.89. The molecule has 150 valence electrons. The van der Waals surface area contributed by atoms with Crippen LogP contribution in [0.1, 0.15) is 23.2 Å². The summed E-state index contributed by atoms with van der Waals surface area (Å²) < 4.78 is 37.4. The standard InChI is InChI=1S/C19H21ClN2O5S/c1-26-15-10-14(11-16(12-15)27-2)21-19(23)13-5-6-17(20)18(9-13)28(24,25)22-7-3-4-8-22/h5-6,9-12H,3-4,7-8H2,1-2H3,(H,21,23). The fourth-order valence-electron chi connectivity index (χ4n) is 2.99. The van der Waals surface area contributed by atoms with Gasteiger partial charge in [-0.2, -0.15) is 4.31 Å². The van der Waals surface area contributed by atoms with Gasteiger partial charge in [-0.25, -0.2) is 8.42 Å². The Kier molecular flexibility index (Phi) is 6.12. The largest absolute Gasteiger partial charge is 0.497 e. The van der Waals surface area contributed by atoms with Gasteiger partial charge in [-0.05, 0) is 31.0 Å². The fraction of sp³-hybridized carbons (Fsp3) is 0.316. The zero-order chi connectivity index (χ0) is 20.3. The van der Waals surface area contributed by atoms with Gasteiger partial charge in [0.25, 0.3) is 5.91 Å². The first-order chi connectivity index (χ1) is 13.3. The summed E-state index contributed by atoms with van der Waals surface area (Å²) in [7, 11) is -0.720. The van der Waals surface area contributed by atoms with E-state index in [1.165, 1.54) is 36.7 Å². The number of ether oxygens (including phenoxy) is 2. The highest BCUT2D eigenvalue weighted by molar-refractivity contribution is 7.89. The van der Waals surface area contributed by atoms with Crippen molar-refractivity contribution in [2.45, 2.75) is 17.7 Å². The maximum Gasteiger partial charge on any atom is 0.255 e. The molecule has 1 aliphatic heterocycles. The van der Waals surface area contributed by atoms with E-state index < -0.39 is 15.9 Å². The van der Waals surface area contributed by atoms with E-state index in [0.717, 1.165) is 12.8 Å². The van der Waals surface area contributed by atoms with E-state index in [4.69, 9.17) is 21.1 Å². The number of nitrogens with zero attached hydrogens (tertiary/aromatic N) is 1. The Morgan fingerprint density at radius 3 is 2.21 bits per heavy atom. The minimum Gasteiger partial charge on any atom is -0.497 e. The maximum absolute atomic E-state index is 12.8. The zero-order valence-corrected chi connectivity index (χ0v) is 17.1. The second-order valence-electron chi connectivity index (χ2n) is 6.31. The third kappa shape index (κ3) is 4.24. The van der Waals surface area contributed by atoms with Crippen LogP contribution in [0.2, 0.25) is 5.02 Å². The monoisotopic (exact) mass is 424 g/mol. The SMILES string of the molecule is COc1cc(NC(=O)c2ccc(Cl)c(S(=O)(=O)N3CCCC3)c2)cc(OC)c1. The third-order valence-electron chi connectivity index (χ3n) is 4.49. The molecule has 0 radical (unpaired) electrons. The van der Waals surface area contributed by atoms with Crippen LogP contribution in [0.3, 0.4) is 0 Å². The number of carbonyl (C=O) groups excluding carboxylic acids is 1. The number of hydrogen-bond donors (Lipinski definition) is 1. The van der Waals surface area contributed by atoms with Crippen molar-refractivity contribution in [2.75, 3.05) is 32.6 Å². The molecule has 0 atom stereocenters. The molecule has 0 unspecified atom stereocenters. The first kappa shape index (κ1) is 20.4. The molecule has 2 aromatic carbocycles. The molecular formula is C19H21ClN2O5S. The molecule has 0 saturated carbocycles. The molecule has 0 aliphatic carbocycles. The van der Waals surface area contributed by atoms with Crippen LogP contribution in [-0.4, -0.2) is 45.9 Å². The zero-order valence-electron chi connectivity index (χ0n) is 15.6. The summed E-state index contributed by atoms with van der Waals surface area (Å²) in [5.74, 6) is 0.566. The van der Waals surface area contributed by atoms with Crippen LogP contribution < -0.4 is 14.8 Å². The van der Waals surface area contributed by atoms with Gasteiger partial charge in [0.1, 0.15) is 16.4 Å². The van der Waals surface area contributed by atoms with Crippen LogP contribution in [0, 0.1) is 0 Å². The molecule has 0 spiro atoms. The third-order valence-corrected chi connectivity index (χ3v) is 6.87. The van der Waals surface area contributed by atoms with Crippen molar-refractivity contribution in [3.05, 3.63) is 47.0 Å². The second kappa shape index (κ2) is 8.38. The summed E-state index contributed by atoms with van der Waals surface area (Å²) >= 11 is 6.13. The summed E-state index contributed by atoms with van der Waals surface area (Å²) in [6, 6.07) is 9.17. The minimum atomic E-state index is -3.74. The molecule has 9 heteroatoms. The van der Waals surface area contributed by atoms with E-state index in [9.17, 15) is 13.2 Å². The Morgan fingerprint density at radius 1 is 1.04 bits per heavy atom. The first-order valence-electron chi connectivity index (χ1n) is 8.69. The smallest absolute Gasteiger partial charge is 0.255 e. The number of halogens is 1. The van der Waals surface area contributed by atoms with E-state index in [0.29, 0.717) is 30.3 Å². The summed E-state index contributed by atoms with van der Waals surface area (Å²) in [6.45, 7) is 0.914. The molecule has 1 amide bonds. The average Bonchev–Trinajstić information content (AvgIpc) is 3.23. The van der Waals surface area contributed by atoms with Crippen LogP contribution >= 0.6 is 11.6 Å². The van der Waals surface area contributed by atoms with Gasteiger partial charge in [0.05, 0.1) is 19.2 Å². The first-order valence-corrected chi connectivity index (χ1v) is 10.5. The van der Waals surface area contributed by atoms with E-state index in [1.807, 2.05) is 0 Å². The molecule has 0 aromatic heterocycles. The predicted molar refractivity (Wildman–Crippen MR) is 107 cm³/mol. The summed E-state index contributed by atoms with van der Waals surface area (Å²) in [5, 5.41) is 2.81. The molecule has 1 heterocycles. The number of methoxy groups -OCH3 is 2. The number of anilines is 1. The number of rotatable bonds is 6. The number of nitrogens with one attached hydrogen (secondary N) is 1. The van der Waals surface area contributed by atoms with Gasteiger partial charge in [0.15, 0.2) is 0 Å². The van der Waals surface area contributed by atoms with Crippen LogP contribution in [0.5, 0.6) is 11.5 Å². The Bertz CT molecular complexity index is 966. The topological polar surface area (TPSA) is 84.9 Å². The lowest BCUT2D eigenvalue weighted by Crippen LogP contribution is -2.28. The summed E-state index contributed by atoms with van der Waals surface area (Å²) in [6.07, 6.45) is 1.63. The lowest BCUT2D eigenvalue weighted by Gasteiger charge is -2.17. The van der Waals surface area contributed by atoms with Crippen LogP contribution in [0.25, 0.3) is 0 Å². The van der Waals surface area contributed by atoms with Crippen LogP contribution in [-0.2, 0) is 10.0 Å². The molecule has 2 aromatic rings. The van der Waals surface area contributed by atoms with Gasteiger partial charge >= 0.3 is 0 Å². The van der Waals surface area contributed by atoms with Gasteiger partial charge in [-0.15, -0.1) is 0 Å². The molecule has 1 fully saturated rings. The van der Waals surface area contributed by atoms with Crippen LogP contribution in [0.15, 0.2) is 41.3 Å². The van der Waals surface area contributed by atoms with Gasteiger partial charge in [0.2, 0.25) is 10.0 Å². The van der Waals surface area contributed by atoms with Gasteiger partial charge < -0.3 is 14.8 Å². The van der Waals surface area contributed by atoms with Crippen molar-refractivity contribution < 1.29 is 22.7 Å². The molecule has 1 saturated heterocycles. The van der Waals surface area contributed by atoms with E-state index in [1.54, 1.807) is 18.2 Å². The number of carbonyl (C=O) groups is 1. The fourth-order valence-corrected chi connectivity index (χ4v) is 5.01. The van der Waals surface area contributed by atoms with Crippen molar-refractivity contribution in [1.29, 1.82) is 0 Å². The summed E-state index contributed by atoms with van der Waals surface area (Å²) in [4.78, 5) is 12.6. The molecule has 0 bridgehead atoms. The Hall–Kier alpha value is -2.29. The highest BCUT2D eigenvalue weighted by Gasteiger charge is 2.29. The molecule has 1 N–H and O–H groups in total. The van der Waals surface area contributed by atoms with Gasteiger partial charge in [0, 0.05) is 42.5 Å². The molecule has 1 aliphatic rings. The maximum atomic E-state index is 12.8. The van der Waals surface area contributed by atoms with Crippen molar-refractivity contribution in [2.24, 2.45) is 0 Å². The number of hydrogen-bond acceptors (Lipinski definition) is 5. The lowest BCUT2D eigenvalue weighted by molar-refractivity contribution is 0.102. The molecule has 28 heavy (non-hydrogen) atoms. The predicted octanol–water partition coefficient (Wildman–Crippen LogP) is 3.39. The van der Waals surface area contributed by atoms with Crippen molar-refractivity contribution in [3.63, 3.8) is 0 Å². The quantitative estimate of drug-likeness (QED) is 0.768. The van der Waals surface area contributed by atoms with Crippen molar-refractivity contribution >= 4 is 33.2 Å². The highest BCUT2D eigenvalue weighted by Crippen LogP contribution is 2.29. The molecule has 7 nitrogen and oxygen atoms in total. The molecular weight excluding hydrogens is 404 g/mol. The van der Waals surface area contributed by atoms with Gasteiger partial charge in [-0.3, -0.25) is 4.79 Å². The van der Waals surface area contributed by atoms with Gasteiger partial charge in [-0.1, -0.05) is 11.6 Å². The molecule has 3 rings (SSSR count). The highest BCUT2D eigenvalue weighted by atomic mass is 35.5.